The third-order valence-electron chi connectivity index (χ3n) is 2.74. The molecule has 3 atom stereocenters. The second-order valence-corrected chi connectivity index (χ2v) is 4.75. The molecular formula is C11H13BrFNO2. The molecule has 0 heterocycles. The van der Waals surface area contributed by atoms with Crippen molar-refractivity contribution in [1.82, 2.24) is 0 Å². The van der Waals surface area contributed by atoms with Crippen LogP contribution >= 0.6 is 15.9 Å². The summed E-state index contributed by atoms with van der Waals surface area (Å²) in [6.07, 6.45) is 0.368. The monoisotopic (exact) mass is 289 g/mol. The molecule has 2 N–H and O–H groups in total. The Hall–Kier alpha value is -0.650. The van der Waals surface area contributed by atoms with Gasteiger partial charge in [-0.3, -0.25) is 0 Å². The van der Waals surface area contributed by atoms with E-state index in [0.717, 1.165) is 4.47 Å². The molecule has 0 aliphatic heterocycles. The number of ether oxygens (including phenoxy) is 2. The fourth-order valence-electron chi connectivity index (χ4n) is 1.79. The summed E-state index contributed by atoms with van der Waals surface area (Å²) in [5.74, 6) is -0.146. The van der Waals surface area contributed by atoms with Gasteiger partial charge in [-0.1, -0.05) is 15.9 Å². The Balaban J connectivity index is 2.07. The molecule has 3 unspecified atom stereocenters. The summed E-state index contributed by atoms with van der Waals surface area (Å²) in [7, 11) is 1.58. The highest BCUT2D eigenvalue weighted by atomic mass is 79.9. The minimum atomic E-state index is -0.376. The molecule has 1 fully saturated rings. The van der Waals surface area contributed by atoms with Gasteiger partial charge in [0, 0.05) is 24.0 Å². The van der Waals surface area contributed by atoms with Crippen molar-refractivity contribution < 1.29 is 13.9 Å². The first-order chi connectivity index (χ1) is 7.61. The zero-order valence-electron chi connectivity index (χ0n) is 8.82. The molecule has 1 aromatic rings. The fraction of sp³-hybridized carbons (Fsp3) is 0.455. The van der Waals surface area contributed by atoms with E-state index in [2.05, 4.69) is 15.9 Å². The zero-order chi connectivity index (χ0) is 11.7. The van der Waals surface area contributed by atoms with Gasteiger partial charge < -0.3 is 15.2 Å². The van der Waals surface area contributed by atoms with Crippen LogP contribution in [0.5, 0.6) is 5.75 Å². The van der Waals surface area contributed by atoms with Crippen LogP contribution in [0.25, 0.3) is 0 Å². The second-order valence-electron chi connectivity index (χ2n) is 3.83. The van der Waals surface area contributed by atoms with Crippen molar-refractivity contribution in [3.05, 3.63) is 28.5 Å². The van der Waals surface area contributed by atoms with Crippen LogP contribution in [0, 0.1) is 5.82 Å². The molecule has 1 aliphatic carbocycles. The van der Waals surface area contributed by atoms with Crippen LogP contribution in [0.1, 0.15) is 6.42 Å². The summed E-state index contributed by atoms with van der Waals surface area (Å²) in [5, 5.41) is 0. The molecular weight excluding hydrogens is 277 g/mol. The SMILES string of the molecule is COC1C(N)CC1Oc1cc(Br)ccc1F. The maximum Gasteiger partial charge on any atom is 0.165 e. The molecule has 3 nitrogen and oxygen atoms in total. The number of benzene rings is 1. The van der Waals surface area contributed by atoms with Crippen LogP contribution in [-0.2, 0) is 4.74 Å². The van der Waals surface area contributed by atoms with Crippen molar-refractivity contribution in [2.24, 2.45) is 5.73 Å². The molecule has 88 valence electrons. The van der Waals surface area contributed by atoms with Crippen LogP contribution in [-0.4, -0.2) is 25.4 Å². The largest absolute Gasteiger partial charge is 0.484 e. The van der Waals surface area contributed by atoms with Crippen LogP contribution < -0.4 is 10.5 Å². The van der Waals surface area contributed by atoms with Crippen molar-refractivity contribution >= 4 is 15.9 Å². The molecule has 16 heavy (non-hydrogen) atoms. The van der Waals surface area contributed by atoms with Crippen LogP contribution in [0.15, 0.2) is 22.7 Å². The van der Waals surface area contributed by atoms with Gasteiger partial charge in [0.15, 0.2) is 11.6 Å². The highest BCUT2D eigenvalue weighted by molar-refractivity contribution is 9.10. The summed E-state index contributed by atoms with van der Waals surface area (Å²) in [6.45, 7) is 0. The zero-order valence-corrected chi connectivity index (χ0v) is 10.4. The van der Waals surface area contributed by atoms with Crippen LogP contribution in [0.4, 0.5) is 4.39 Å². The number of hydrogen-bond donors (Lipinski definition) is 1. The molecule has 0 bridgehead atoms. The minimum Gasteiger partial charge on any atom is -0.484 e. The lowest BCUT2D eigenvalue weighted by Crippen LogP contribution is -2.59. The predicted octanol–water partition coefficient (Wildman–Crippen LogP) is 2.08. The Morgan fingerprint density at radius 3 is 2.88 bits per heavy atom. The molecule has 0 aromatic heterocycles. The maximum atomic E-state index is 13.4. The lowest BCUT2D eigenvalue weighted by molar-refractivity contribution is -0.0793. The molecule has 0 radical (unpaired) electrons. The summed E-state index contributed by atoms with van der Waals surface area (Å²) >= 11 is 3.27. The van der Waals surface area contributed by atoms with Crippen molar-refractivity contribution in [2.45, 2.75) is 24.7 Å². The van der Waals surface area contributed by atoms with Crippen molar-refractivity contribution in [3.63, 3.8) is 0 Å². The van der Waals surface area contributed by atoms with Gasteiger partial charge in [-0.2, -0.15) is 0 Å². The topological polar surface area (TPSA) is 44.5 Å². The normalized spacial score (nSPS) is 28.6. The molecule has 1 saturated carbocycles. The van der Waals surface area contributed by atoms with Gasteiger partial charge in [-0.15, -0.1) is 0 Å². The van der Waals surface area contributed by atoms with E-state index in [1.165, 1.54) is 6.07 Å². The number of methoxy groups -OCH3 is 1. The van der Waals surface area contributed by atoms with Gasteiger partial charge >= 0.3 is 0 Å². The van der Waals surface area contributed by atoms with E-state index in [1.807, 2.05) is 0 Å². The van der Waals surface area contributed by atoms with Gasteiger partial charge in [0.05, 0.1) is 0 Å². The summed E-state index contributed by atoms with van der Waals surface area (Å²) in [6, 6.07) is 4.57. The van der Waals surface area contributed by atoms with Crippen molar-refractivity contribution in [3.8, 4) is 5.75 Å². The third kappa shape index (κ3) is 2.21. The maximum absolute atomic E-state index is 13.4. The lowest BCUT2D eigenvalue weighted by Gasteiger charge is -2.40. The fourth-order valence-corrected chi connectivity index (χ4v) is 2.13. The quantitative estimate of drug-likeness (QED) is 0.927. The Morgan fingerprint density at radius 1 is 1.50 bits per heavy atom. The van der Waals surface area contributed by atoms with Gasteiger partial charge in [0.2, 0.25) is 0 Å². The van der Waals surface area contributed by atoms with E-state index >= 15 is 0 Å². The van der Waals surface area contributed by atoms with Crippen LogP contribution in [0.3, 0.4) is 0 Å². The average Bonchev–Trinajstić information content (AvgIpc) is 2.23. The molecule has 1 aromatic carbocycles. The molecule has 0 amide bonds. The van der Waals surface area contributed by atoms with Gasteiger partial charge in [0.25, 0.3) is 0 Å². The molecule has 2 rings (SSSR count). The van der Waals surface area contributed by atoms with Gasteiger partial charge in [-0.25, -0.2) is 4.39 Å². The summed E-state index contributed by atoms with van der Waals surface area (Å²) in [4.78, 5) is 0. The lowest BCUT2D eigenvalue weighted by atomic mass is 9.86. The second kappa shape index (κ2) is 4.69. The predicted molar refractivity (Wildman–Crippen MR) is 61.9 cm³/mol. The highest BCUT2D eigenvalue weighted by Gasteiger charge is 2.41. The van der Waals surface area contributed by atoms with E-state index in [9.17, 15) is 4.39 Å². The Labute approximate surface area is 102 Å². The highest BCUT2D eigenvalue weighted by Crippen LogP contribution is 2.30. The van der Waals surface area contributed by atoms with Crippen LogP contribution in [0.2, 0.25) is 0 Å². The molecule has 5 heteroatoms. The standard InChI is InChI=1S/C11H13BrFNO2/c1-15-11-8(14)5-10(11)16-9-4-6(12)2-3-7(9)13/h2-4,8,10-11H,5,14H2,1H3. The average molecular weight is 290 g/mol. The van der Waals surface area contributed by atoms with E-state index < -0.39 is 0 Å². The Morgan fingerprint density at radius 2 is 2.25 bits per heavy atom. The molecule has 1 aliphatic rings. The van der Waals surface area contributed by atoms with Crippen molar-refractivity contribution in [2.75, 3.05) is 7.11 Å². The van der Waals surface area contributed by atoms with E-state index in [-0.39, 0.29) is 29.8 Å². The first-order valence-electron chi connectivity index (χ1n) is 5.02. The van der Waals surface area contributed by atoms with Crippen molar-refractivity contribution in [1.29, 1.82) is 0 Å². The Bertz CT molecular complexity index is 388. The Kier molecular flexibility index (Phi) is 3.47. The number of halogens is 2. The van der Waals surface area contributed by atoms with Gasteiger partial charge in [-0.05, 0) is 18.2 Å². The summed E-state index contributed by atoms with van der Waals surface area (Å²) < 4.78 is 24.9. The smallest absolute Gasteiger partial charge is 0.165 e. The molecule has 0 saturated heterocycles. The van der Waals surface area contributed by atoms with E-state index in [4.69, 9.17) is 15.2 Å². The first kappa shape index (κ1) is 11.8. The number of rotatable bonds is 3. The van der Waals surface area contributed by atoms with E-state index in [0.29, 0.717) is 6.42 Å². The number of nitrogens with two attached hydrogens (primary N) is 1. The van der Waals surface area contributed by atoms with Gasteiger partial charge in [0.1, 0.15) is 12.2 Å². The number of hydrogen-bond acceptors (Lipinski definition) is 3. The molecule has 0 spiro atoms. The third-order valence-corrected chi connectivity index (χ3v) is 3.23. The van der Waals surface area contributed by atoms with E-state index in [1.54, 1.807) is 19.2 Å². The minimum absolute atomic E-state index is 0.0229. The summed E-state index contributed by atoms with van der Waals surface area (Å²) in [5.41, 5.74) is 5.74. The first-order valence-corrected chi connectivity index (χ1v) is 5.81.